The predicted molar refractivity (Wildman–Crippen MR) is 71.9 cm³/mol. The SMILES string of the molecule is CCC1(C(=O)O)CCCN(C(=O)c2ccc(F)cc2)C1. The zero-order valence-electron chi connectivity index (χ0n) is 11.4. The van der Waals surface area contributed by atoms with E-state index in [0.717, 1.165) is 0 Å². The molecule has 1 aliphatic heterocycles. The number of benzene rings is 1. The highest BCUT2D eigenvalue weighted by molar-refractivity contribution is 5.94. The summed E-state index contributed by atoms with van der Waals surface area (Å²) in [6, 6.07) is 5.34. The molecule has 5 heteroatoms. The van der Waals surface area contributed by atoms with Gasteiger partial charge in [-0.3, -0.25) is 9.59 Å². The highest BCUT2D eigenvalue weighted by Gasteiger charge is 2.42. The molecule has 1 atom stereocenters. The van der Waals surface area contributed by atoms with Gasteiger partial charge in [0.15, 0.2) is 0 Å². The van der Waals surface area contributed by atoms with E-state index >= 15 is 0 Å². The zero-order valence-corrected chi connectivity index (χ0v) is 11.4. The molecule has 0 aromatic heterocycles. The standard InChI is InChI=1S/C15H18FNO3/c1-2-15(14(19)20)8-3-9-17(10-15)13(18)11-4-6-12(16)7-5-11/h4-7H,2-3,8-10H2,1H3,(H,19,20). The molecule has 1 fully saturated rings. The first-order chi connectivity index (χ1) is 9.48. The lowest BCUT2D eigenvalue weighted by Crippen LogP contribution is -2.49. The Hall–Kier alpha value is -1.91. The average Bonchev–Trinajstić information content (AvgIpc) is 2.47. The number of likely N-dealkylation sites (tertiary alicyclic amines) is 1. The lowest BCUT2D eigenvalue weighted by Gasteiger charge is -2.39. The van der Waals surface area contributed by atoms with E-state index in [1.807, 2.05) is 6.92 Å². The van der Waals surface area contributed by atoms with Crippen LogP contribution in [0.2, 0.25) is 0 Å². The van der Waals surface area contributed by atoms with Gasteiger partial charge < -0.3 is 10.0 Å². The number of carboxylic acids is 1. The number of rotatable bonds is 3. The highest BCUT2D eigenvalue weighted by Crippen LogP contribution is 2.34. The van der Waals surface area contributed by atoms with Gasteiger partial charge >= 0.3 is 5.97 Å². The molecule has 1 saturated heterocycles. The van der Waals surface area contributed by atoms with Crippen LogP contribution >= 0.6 is 0 Å². The number of nitrogens with zero attached hydrogens (tertiary/aromatic N) is 1. The second-order valence-electron chi connectivity index (χ2n) is 5.28. The van der Waals surface area contributed by atoms with E-state index in [-0.39, 0.29) is 12.5 Å². The molecular formula is C15H18FNO3. The van der Waals surface area contributed by atoms with Crippen LogP contribution in [0, 0.1) is 11.2 Å². The number of carboxylic acid groups (broad SMARTS) is 1. The van der Waals surface area contributed by atoms with E-state index < -0.39 is 17.2 Å². The van der Waals surface area contributed by atoms with E-state index in [4.69, 9.17) is 0 Å². The molecule has 0 radical (unpaired) electrons. The van der Waals surface area contributed by atoms with Crippen LogP contribution in [0.25, 0.3) is 0 Å². The molecule has 1 heterocycles. The van der Waals surface area contributed by atoms with E-state index in [1.54, 1.807) is 4.90 Å². The molecule has 0 spiro atoms. The van der Waals surface area contributed by atoms with Gasteiger partial charge in [-0.15, -0.1) is 0 Å². The van der Waals surface area contributed by atoms with Gasteiger partial charge in [-0.2, -0.15) is 0 Å². The lowest BCUT2D eigenvalue weighted by molar-refractivity contribution is -0.152. The first kappa shape index (κ1) is 14.5. The Bertz CT molecular complexity index is 514. The van der Waals surface area contributed by atoms with E-state index in [9.17, 15) is 19.1 Å². The summed E-state index contributed by atoms with van der Waals surface area (Å²) in [5.74, 6) is -1.48. The van der Waals surface area contributed by atoms with Crippen molar-refractivity contribution in [3.8, 4) is 0 Å². The van der Waals surface area contributed by atoms with Gasteiger partial charge in [0, 0.05) is 18.7 Å². The maximum Gasteiger partial charge on any atom is 0.311 e. The van der Waals surface area contributed by atoms with Gasteiger partial charge in [0.05, 0.1) is 5.41 Å². The van der Waals surface area contributed by atoms with Crippen LogP contribution in [0.1, 0.15) is 36.5 Å². The van der Waals surface area contributed by atoms with Crippen LogP contribution in [0.3, 0.4) is 0 Å². The minimum Gasteiger partial charge on any atom is -0.481 e. The first-order valence-electron chi connectivity index (χ1n) is 6.77. The summed E-state index contributed by atoms with van der Waals surface area (Å²) in [6.45, 7) is 2.60. The number of halogens is 1. The summed E-state index contributed by atoms with van der Waals surface area (Å²) >= 11 is 0. The summed E-state index contributed by atoms with van der Waals surface area (Å²) < 4.78 is 12.9. The lowest BCUT2D eigenvalue weighted by atomic mass is 9.77. The van der Waals surface area contributed by atoms with Gasteiger partial charge in [0.2, 0.25) is 0 Å². The fraction of sp³-hybridized carbons (Fsp3) is 0.467. The summed E-state index contributed by atoms with van der Waals surface area (Å²) in [7, 11) is 0. The predicted octanol–water partition coefficient (Wildman–Crippen LogP) is 2.54. The van der Waals surface area contributed by atoms with Gasteiger partial charge in [-0.1, -0.05) is 6.92 Å². The average molecular weight is 279 g/mol. The Morgan fingerprint density at radius 3 is 2.55 bits per heavy atom. The molecule has 1 aromatic rings. The van der Waals surface area contributed by atoms with E-state index in [2.05, 4.69) is 0 Å². The Morgan fingerprint density at radius 2 is 2.00 bits per heavy atom. The van der Waals surface area contributed by atoms with Crippen molar-refractivity contribution >= 4 is 11.9 Å². The number of carbonyl (C=O) groups is 2. The minimum absolute atomic E-state index is 0.217. The Morgan fingerprint density at radius 1 is 1.35 bits per heavy atom. The van der Waals surface area contributed by atoms with Crippen LogP contribution in [0.4, 0.5) is 4.39 Å². The second-order valence-corrected chi connectivity index (χ2v) is 5.28. The largest absolute Gasteiger partial charge is 0.481 e. The number of hydrogen-bond acceptors (Lipinski definition) is 2. The molecule has 0 saturated carbocycles. The van der Waals surface area contributed by atoms with Crippen LogP contribution < -0.4 is 0 Å². The summed E-state index contributed by atoms with van der Waals surface area (Å²) in [4.78, 5) is 25.4. The van der Waals surface area contributed by atoms with Gasteiger partial charge in [0.25, 0.3) is 5.91 Å². The van der Waals surface area contributed by atoms with Crippen LogP contribution in [0.5, 0.6) is 0 Å². The molecule has 108 valence electrons. The number of carbonyl (C=O) groups excluding carboxylic acids is 1. The van der Waals surface area contributed by atoms with E-state index in [1.165, 1.54) is 24.3 Å². The smallest absolute Gasteiger partial charge is 0.311 e. The van der Waals surface area contributed by atoms with Crippen molar-refractivity contribution in [2.75, 3.05) is 13.1 Å². The molecule has 2 rings (SSSR count). The van der Waals surface area contributed by atoms with Crippen molar-refractivity contribution < 1.29 is 19.1 Å². The Labute approximate surface area is 117 Å². The molecule has 20 heavy (non-hydrogen) atoms. The number of hydrogen-bond donors (Lipinski definition) is 1. The van der Waals surface area contributed by atoms with Crippen molar-refractivity contribution in [1.82, 2.24) is 4.90 Å². The fourth-order valence-corrected chi connectivity index (χ4v) is 2.69. The van der Waals surface area contributed by atoms with Crippen molar-refractivity contribution in [3.05, 3.63) is 35.6 Å². The Balaban J connectivity index is 2.18. The molecule has 1 aliphatic rings. The molecule has 1 N–H and O–H groups in total. The van der Waals surface area contributed by atoms with Crippen LogP contribution in [-0.4, -0.2) is 35.0 Å². The maximum atomic E-state index is 12.9. The number of amides is 1. The molecule has 0 aliphatic carbocycles. The Kier molecular flexibility index (Phi) is 4.06. The molecule has 1 amide bonds. The third kappa shape index (κ3) is 2.66. The second kappa shape index (κ2) is 5.61. The topological polar surface area (TPSA) is 57.6 Å². The normalized spacial score (nSPS) is 22.6. The first-order valence-corrected chi connectivity index (χ1v) is 6.77. The van der Waals surface area contributed by atoms with Crippen molar-refractivity contribution in [3.63, 3.8) is 0 Å². The highest BCUT2D eigenvalue weighted by atomic mass is 19.1. The summed E-state index contributed by atoms with van der Waals surface area (Å²) in [5, 5.41) is 9.41. The molecule has 4 nitrogen and oxygen atoms in total. The molecule has 1 unspecified atom stereocenters. The van der Waals surface area contributed by atoms with E-state index in [0.29, 0.717) is 31.4 Å². The zero-order chi connectivity index (χ0) is 14.8. The van der Waals surface area contributed by atoms with Gasteiger partial charge in [0.1, 0.15) is 5.82 Å². The third-order valence-electron chi connectivity index (χ3n) is 4.09. The monoisotopic (exact) mass is 279 g/mol. The van der Waals surface area contributed by atoms with Crippen molar-refractivity contribution in [2.45, 2.75) is 26.2 Å². The number of piperidine rings is 1. The van der Waals surface area contributed by atoms with Crippen LogP contribution in [0.15, 0.2) is 24.3 Å². The third-order valence-corrected chi connectivity index (χ3v) is 4.09. The molecular weight excluding hydrogens is 261 g/mol. The maximum absolute atomic E-state index is 12.9. The van der Waals surface area contributed by atoms with Gasteiger partial charge in [-0.05, 0) is 43.5 Å². The quantitative estimate of drug-likeness (QED) is 0.925. The number of aliphatic carboxylic acids is 1. The summed E-state index contributed by atoms with van der Waals surface area (Å²) in [5.41, 5.74) is -0.461. The van der Waals surface area contributed by atoms with Crippen molar-refractivity contribution in [1.29, 1.82) is 0 Å². The molecule has 1 aromatic carbocycles. The minimum atomic E-state index is -0.853. The molecule has 0 bridgehead atoms. The van der Waals surface area contributed by atoms with Gasteiger partial charge in [-0.25, -0.2) is 4.39 Å². The van der Waals surface area contributed by atoms with Crippen molar-refractivity contribution in [2.24, 2.45) is 5.41 Å². The fourth-order valence-electron chi connectivity index (χ4n) is 2.69. The summed E-state index contributed by atoms with van der Waals surface area (Å²) in [6.07, 6.45) is 1.76. The van der Waals surface area contributed by atoms with Crippen LogP contribution in [-0.2, 0) is 4.79 Å².